The lowest BCUT2D eigenvalue weighted by Gasteiger charge is -2.43. The molecule has 0 radical (unpaired) electrons. The van der Waals surface area contributed by atoms with Crippen molar-refractivity contribution in [1.82, 2.24) is 15.1 Å². The van der Waals surface area contributed by atoms with E-state index in [0.29, 0.717) is 30.5 Å². The molecular formula is C25H38N4O3. The van der Waals surface area contributed by atoms with Crippen molar-refractivity contribution in [3.63, 3.8) is 0 Å². The molecule has 4 rings (SSSR count). The van der Waals surface area contributed by atoms with Gasteiger partial charge in [-0.25, -0.2) is 4.79 Å². The Bertz CT molecular complexity index is 796. The Morgan fingerprint density at radius 3 is 2.41 bits per heavy atom. The van der Waals surface area contributed by atoms with E-state index in [2.05, 4.69) is 20.4 Å². The Kier molecular flexibility index (Phi) is 7.68. The summed E-state index contributed by atoms with van der Waals surface area (Å²) in [6.07, 6.45) is 6.26. The fourth-order valence-electron chi connectivity index (χ4n) is 5.02. The molecule has 0 spiro atoms. The van der Waals surface area contributed by atoms with Gasteiger partial charge in [0.1, 0.15) is 0 Å². The zero-order chi connectivity index (χ0) is 22.5. The zero-order valence-electron chi connectivity index (χ0n) is 19.6. The molecule has 0 bridgehead atoms. The summed E-state index contributed by atoms with van der Waals surface area (Å²) >= 11 is 0. The van der Waals surface area contributed by atoms with Crippen LogP contribution in [0.15, 0.2) is 18.2 Å². The molecule has 176 valence electrons. The number of ether oxygens (including phenoxy) is 1. The smallest absolute Gasteiger partial charge is 0.319 e. The van der Waals surface area contributed by atoms with Crippen molar-refractivity contribution >= 4 is 17.6 Å². The number of benzene rings is 1. The van der Waals surface area contributed by atoms with E-state index in [1.807, 2.05) is 32.0 Å². The van der Waals surface area contributed by atoms with Crippen molar-refractivity contribution < 1.29 is 14.3 Å². The van der Waals surface area contributed by atoms with Crippen molar-refractivity contribution in [3.05, 3.63) is 29.3 Å². The van der Waals surface area contributed by atoms with Crippen molar-refractivity contribution in [1.29, 1.82) is 0 Å². The monoisotopic (exact) mass is 442 g/mol. The number of carbonyl (C=O) groups is 2. The number of amides is 3. The highest BCUT2D eigenvalue weighted by Crippen LogP contribution is 2.32. The maximum absolute atomic E-state index is 12.5. The molecule has 1 aromatic rings. The summed E-state index contributed by atoms with van der Waals surface area (Å²) in [5.41, 5.74) is 3.04. The molecule has 2 aliphatic heterocycles. The summed E-state index contributed by atoms with van der Waals surface area (Å²) in [6, 6.07) is 6.87. The second-order valence-corrected chi connectivity index (χ2v) is 9.61. The lowest BCUT2D eigenvalue weighted by molar-refractivity contribution is -0.134. The first kappa shape index (κ1) is 23.1. The van der Waals surface area contributed by atoms with Crippen LogP contribution >= 0.6 is 0 Å². The van der Waals surface area contributed by atoms with Gasteiger partial charge in [-0.3, -0.25) is 9.69 Å². The Labute approximate surface area is 191 Å². The van der Waals surface area contributed by atoms with Crippen LogP contribution in [0.2, 0.25) is 0 Å². The Morgan fingerprint density at radius 2 is 1.72 bits per heavy atom. The van der Waals surface area contributed by atoms with Crippen molar-refractivity contribution in [2.24, 2.45) is 5.92 Å². The Hall–Kier alpha value is -2.12. The molecule has 3 aliphatic rings. The lowest BCUT2D eigenvalue weighted by atomic mass is 9.97. The van der Waals surface area contributed by atoms with E-state index < -0.39 is 0 Å². The summed E-state index contributed by atoms with van der Waals surface area (Å²) in [6.45, 7) is 8.80. The number of urea groups is 1. The standard InChI is InChI=1S/C25H38N4O3/c1-18-3-4-19(2)23(17-18)27-25(31)26-11-14-29(22-9-15-32-16-10-22)21-7-12-28(13-8-21)24(30)20-5-6-20/h3-4,17,20-22H,5-16H2,1-2H3,(H2,26,27,31). The van der Waals surface area contributed by atoms with Gasteiger partial charge in [0.15, 0.2) is 0 Å². The number of anilines is 1. The van der Waals surface area contributed by atoms with Crippen molar-refractivity contribution in [2.75, 3.05) is 44.7 Å². The van der Waals surface area contributed by atoms with Crippen molar-refractivity contribution in [2.45, 2.75) is 64.5 Å². The second-order valence-electron chi connectivity index (χ2n) is 9.61. The van der Waals surface area contributed by atoms with Gasteiger partial charge in [-0.15, -0.1) is 0 Å². The summed E-state index contributed by atoms with van der Waals surface area (Å²) in [7, 11) is 0. The predicted molar refractivity (Wildman–Crippen MR) is 126 cm³/mol. The SMILES string of the molecule is Cc1ccc(C)c(NC(=O)NCCN(C2CCOCC2)C2CCN(C(=O)C3CC3)CC2)c1. The molecule has 2 saturated heterocycles. The van der Waals surface area contributed by atoms with Crippen LogP contribution in [0, 0.1) is 19.8 Å². The normalized spacial score (nSPS) is 20.4. The van der Waals surface area contributed by atoms with Gasteiger partial charge in [-0.2, -0.15) is 0 Å². The fourth-order valence-corrected chi connectivity index (χ4v) is 5.02. The van der Waals surface area contributed by atoms with Crippen LogP contribution in [-0.2, 0) is 9.53 Å². The van der Waals surface area contributed by atoms with E-state index in [1.54, 1.807) is 0 Å². The van der Waals surface area contributed by atoms with Gasteiger partial charge >= 0.3 is 6.03 Å². The summed E-state index contributed by atoms with van der Waals surface area (Å²) < 4.78 is 5.59. The molecule has 7 heteroatoms. The summed E-state index contributed by atoms with van der Waals surface area (Å²) in [5, 5.41) is 6.04. The molecule has 1 aliphatic carbocycles. The topological polar surface area (TPSA) is 73.9 Å². The third-order valence-corrected chi connectivity index (χ3v) is 7.13. The van der Waals surface area contributed by atoms with Gasteiger partial charge in [-0.1, -0.05) is 12.1 Å². The van der Waals surface area contributed by atoms with E-state index >= 15 is 0 Å². The number of likely N-dealkylation sites (tertiary alicyclic amines) is 1. The second kappa shape index (κ2) is 10.7. The van der Waals surface area contributed by atoms with Crippen LogP contribution < -0.4 is 10.6 Å². The van der Waals surface area contributed by atoms with Gasteiger partial charge in [0.25, 0.3) is 0 Å². The van der Waals surface area contributed by atoms with Crippen LogP contribution in [0.4, 0.5) is 10.5 Å². The third kappa shape index (κ3) is 6.01. The van der Waals surface area contributed by atoms with E-state index in [0.717, 1.165) is 88.2 Å². The number of piperidine rings is 1. The van der Waals surface area contributed by atoms with E-state index in [-0.39, 0.29) is 6.03 Å². The number of nitrogens with one attached hydrogen (secondary N) is 2. The summed E-state index contributed by atoms with van der Waals surface area (Å²) in [5.74, 6) is 0.670. The van der Waals surface area contributed by atoms with Gasteiger partial charge in [0.2, 0.25) is 5.91 Å². The largest absolute Gasteiger partial charge is 0.381 e. The molecule has 3 fully saturated rings. The third-order valence-electron chi connectivity index (χ3n) is 7.13. The minimum absolute atomic E-state index is 0.157. The number of carbonyl (C=O) groups excluding carboxylic acids is 2. The van der Waals surface area contributed by atoms with E-state index in [9.17, 15) is 9.59 Å². The minimum atomic E-state index is -0.157. The molecule has 32 heavy (non-hydrogen) atoms. The fraction of sp³-hybridized carbons (Fsp3) is 0.680. The number of rotatable bonds is 7. The van der Waals surface area contributed by atoms with E-state index in [4.69, 9.17) is 4.74 Å². The molecule has 2 N–H and O–H groups in total. The highest BCUT2D eigenvalue weighted by molar-refractivity contribution is 5.90. The Morgan fingerprint density at radius 1 is 1.03 bits per heavy atom. The maximum atomic E-state index is 12.5. The molecular weight excluding hydrogens is 404 g/mol. The average Bonchev–Trinajstić information content (AvgIpc) is 3.65. The van der Waals surface area contributed by atoms with Crippen LogP contribution in [0.25, 0.3) is 0 Å². The number of nitrogens with zero attached hydrogens (tertiary/aromatic N) is 2. The van der Waals surface area contributed by atoms with Gasteiger partial charge < -0.3 is 20.3 Å². The first-order valence-corrected chi connectivity index (χ1v) is 12.3. The number of aryl methyl sites for hydroxylation is 2. The van der Waals surface area contributed by atoms with Crippen LogP contribution in [0.5, 0.6) is 0 Å². The average molecular weight is 443 g/mol. The molecule has 0 atom stereocenters. The van der Waals surface area contributed by atoms with Crippen molar-refractivity contribution in [3.8, 4) is 0 Å². The highest BCUT2D eigenvalue weighted by atomic mass is 16.5. The lowest BCUT2D eigenvalue weighted by Crippen LogP contribution is -2.53. The number of hydrogen-bond donors (Lipinski definition) is 2. The van der Waals surface area contributed by atoms with Gasteiger partial charge in [0.05, 0.1) is 0 Å². The first-order chi connectivity index (χ1) is 15.5. The molecule has 7 nitrogen and oxygen atoms in total. The van der Waals surface area contributed by atoms with Crippen LogP contribution in [-0.4, -0.2) is 73.2 Å². The van der Waals surface area contributed by atoms with Gasteiger partial charge in [-0.05, 0) is 69.6 Å². The molecule has 0 unspecified atom stereocenters. The molecule has 3 amide bonds. The summed E-state index contributed by atoms with van der Waals surface area (Å²) in [4.78, 5) is 29.6. The highest BCUT2D eigenvalue weighted by Gasteiger charge is 2.37. The van der Waals surface area contributed by atoms with Crippen LogP contribution in [0.3, 0.4) is 0 Å². The van der Waals surface area contributed by atoms with E-state index in [1.165, 1.54) is 0 Å². The zero-order valence-corrected chi connectivity index (χ0v) is 19.6. The maximum Gasteiger partial charge on any atom is 0.319 e. The minimum Gasteiger partial charge on any atom is -0.381 e. The molecule has 0 aromatic heterocycles. The Balaban J connectivity index is 1.29. The molecule has 1 aromatic carbocycles. The van der Waals surface area contributed by atoms with Crippen LogP contribution in [0.1, 0.15) is 49.7 Å². The molecule has 1 saturated carbocycles. The quantitative estimate of drug-likeness (QED) is 0.680. The molecule has 2 heterocycles. The predicted octanol–water partition coefficient (Wildman–Crippen LogP) is 3.31. The number of hydrogen-bond acceptors (Lipinski definition) is 4. The van der Waals surface area contributed by atoms with Gasteiger partial charge in [0, 0.05) is 63.1 Å². The first-order valence-electron chi connectivity index (χ1n) is 12.3.